The third-order valence-corrected chi connectivity index (χ3v) is 3.55. The van der Waals surface area contributed by atoms with Crippen LogP contribution in [0.5, 0.6) is 0 Å². The Bertz CT molecular complexity index is 974. The van der Waals surface area contributed by atoms with Crippen molar-refractivity contribution >= 4 is 16.9 Å². The summed E-state index contributed by atoms with van der Waals surface area (Å²) in [4.78, 5) is 23.9. The van der Waals surface area contributed by atoms with E-state index in [2.05, 4.69) is 5.10 Å². The zero-order valence-electron chi connectivity index (χ0n) is 13.2. The van der Waals surface area contributed by atoms with Crippen LogP contribution in [0.25, 0.3) is 11.0 Å². The first-order valence-corrected chi connectivity index (χ1v) is 7.35. The fraction of sp³-hybridized carbons (Fsp3) is 0.235. The minimum atomic E-state index is -0.815. The van der Waals surface area contributed by atoms with Crippen LogP contribution in [0.4, 0.5) is 4.39 Å². The Morgan fingerprint density at radius 1 is 1.29 bits per heavy atom. The number of aryl methyl sites for hydroxylation is 2. The summed E-state index contributed by atoms with van der Waals surface area (Å²) in [5.74, 6) is -1.29. The first kappa shape index (κ1) is 15.9. The van der Waals surface area contributed by atoms with Crippen molar-refractivity contribution in [2.45, 2.75) is 20.4 Å². The number of halogens is 1. The lowest BCUT2D eigenvalue weighted by Crippen LogP contribution is -2.19. The Balaban J connectivity index is 1.75. The lowest BCUT2D eigenvalue weighted by molar-refractivity contribution is 0.0482. The van der Waals surface area contributed by atoms with E-state index in [1.165, 1.54) is 24.3 Å². The maximum absolute atomic E-state index is 13.3. The van der Waals surface area contributed by atoms with Crippen molar-refractivity contribution < 1.29 is 18.3 Å². The minimum absolute atomic E-state index is 0.0570. The molecule has 0 saturated heterocycles. The maximum Gasteiger partial charge on any atom is 0.351 e. The molecule has 124 valence electrons. The van der Waals surface area contributed by atoms with Crippen molar-refractivity contribution in [2.24, 2.45) is 0 Å². The molecule has 0 fully saturated rings. The number of rotatable bonds is 4. The zero-order chi connectivity index (χ0) is 17.3. The molecule has 0 atom stereocenters. The van der Waals surface area contributed by atoms with Gasteiger partial charge < -0.3 is 9.15 Å². The minimum Gasteiger partial charge on any atom is -0.460 e. The SMILES string of the molecule is Cc1cc(C)n(CCOC(=O)c2cc3cc(F)ccc3oc2=O)n1. The molecule has 0 amide bonds. The van der Waals surface area contributed by atoms with Crippen LogP contribution in [0, 0.1) is 19.7 Å². The Labute approximate surface area is 136 Å². The summed E-state index contributed by atoms with van der Waals surface area (Å²) in [5.41, 5.74) is 0.951. The molecule has 3 aromatic rings. The molecule has 0 aliphatic rings. The molecule has 0 N–H and O–H groups in total. The molecular formula is C17H15FN2O4. The Hall–Kier alpha value is -2.96. The lowest BCUT2D eigenvalue weighted by Gasteiger charge is -2.06. The number of carbonyl (C=O) groups excluding carboxylic acids is 1. The predicted octanol–water partition coefficient (Wildman–Crippen LogP) is 2.60. The molecule has 2 heterocycles. The van der Waals surface area contributed by atoms with Gasteiger partial charge in [0.1, 0.15) is 23.6 Å². The van der Waals surface area contributed by atoms with E-state index in [1.54, 1.807) is 4.68 Å². The fourth-order valence-corrected chi connectivity index (χ4v) is 2.44. The van der Waals surface area contributed by atoms with Gasteiger partial charge in [0.05, 0.1) is 12.2 Å². The van der Waals surface area contributed by atoms with Gasteiger partial charge in [0.15, 0.2) is 0 Å². The van der Waals surface area contributed by atoms with E-state index in [0.29, 0.717) is 11.9 Å². The summed E-state index contributed by atoms with van der Waals surface area (Å²) >= 11 is 0. The van der Waals surface area contributed by atoms with Gasteiger partial charge in [-0.2, -0.15) is 5.10 Å². The highest BCUT2D eigenvalue weighted by Gasteiger charge is 2.15. The second-order valence-corrected chi connectivity index (χ2v) is 5.42. The highest BCUT2D eigenvalue weighted by atomic mass is 19.1. The molecule has 1 aromatic carbocycles. The highest BCUT2D eigenvalue weighted by molar-refractivity contribution is 5.92. The summed E-state index contributed by atoms with van der Waals surface area (Å²) in [7, 11) is 0. The van der Waals surface area contributed by atoms with Crippen LogP contribution < -0.4 is 5.63 Å². The van der Waals surface area contributed by atoms with Gasteiger partial charge in [-0.1, -0.05) is 0 Å². The number of nitrogens with zero attached hydrogens (tertiary/aromatic N) is 2. The van der Waals surface area contributed by atoms with E-state index in [4.69, 9.17) is 9.15 Å². The summed E-state index contributed by atoms with van der Waals surface area (Å²) < 4.78 is 25.1. The van der Waals surface area contributed by atoms with Gasteiger partial charge in [0.25, 0.3) is 0 Å². The second kappa shape index (κ2) is 6.27. The predicted molar refractivity (Wildman–Crippen MR) is 84.4 cm³/mol. The largest absolute Gasteiger partial charge is 0.460 e. The molecule has 0 aliphatic carbocycles. The van der Waals surface area contributed by atoms with Crippen molar-refractivity contribution in [2.75, 3.05) is 6.61 Å². The normalized spacial score (nSPS) is 11.0. The van der Waals surface area contributed by atoms with Crippen LogP contribution >= 0.6 is 0 Å². The van der Waals surface area contributed by atoms with E-state index in [1.807, 2.05) is 19.9 Å². The maximum atomic E-state index is 13.3. The van der Waals surface area contributed by atoms with E-state index >= 15 is 0 Å². The van der Waals surface area contributed by atoms with Crippen LogP contribution in [0.2, 0.25) is 0 Å². The number of esters is 1. The van der Waals surface area contributed by atoms with Gasteiger partial charge in [-0.25, -0.2) is 14.0 Å². The molecule has 24 heavy (non-hydrogen) atoms. The molecule has 0 spiro atoms. The summed E-state index contributed by atoms with van der Waals surface area (Å²) in [6.07, 6.45) is 0. The van der Waals surface area contributed by atoms with Crippen LogP contribution in [0.3, 0.4) is 0 Å². The first-order chi connectivity index (χ1) is 11.4. The molecule has 7 heteroatoms. The van der Waals surface area contributed by atoms with E-state index in [9.17, 15) is 14.0 Å². The molecule has 0 saturated carbocycles. The van der Waals surface area contributed by atoms with Crippen molar-refractivity contribution in [1.29, 1.82) is 0 Å². The average molecular weight is 330 g/mol. The molecule has 0 aliphatic heterocycles. The molecule has 0 radical (unpaired) electrons. The molecular weight excluding hydrogens is 315 g/mol. The van der Waals surface area contributed by atoms with E-state index in [0.717, 1.165) is 11.4 Å². The molecule has 3 rings (SSSR count). The van der Waals surface area contributed by atoms with Crippen LogP contribution in [0.1, 0.15) is 21.7 Å². The van der Waals surface area contributed by atoms with Crippen molar-refractivity contribution in [3.63, 3.8) is 0 Å². The molecule has 6 nitrogen and oxygen atoms in total. The van der Waals surface area contributed by atoms with Crippen molar-refractivity contribution in [1.82, 2.24) is 9.78 Å². The Kier molecular flexibility index (Phi) is 4.16. The summed E-state index contributed by atoms with van der Waals surface area (Å²) in [5, 5.41) is 4.57. The number of hydrogen-bond acceptors (Lipinski definition) is 5. The van der Waals surface area contributed by atoms with E-state index in [-0.39, 0.29) is 17.8 Å². The third kappa shape index (κ3) is 3.19. The number of ether oxygens (including phenoxy) is 1. The number of hydrogen-bond donors (Lipinski definition) is 0. The van der Waals surface area contributed by atoms with Gasteiger partial charge in [0.2, 0.25) is 0 Å². The fourth-order valence-electron chi connectivity index (χ4n) is 2.44. The van der Waals surface area contributed by atoms with Crippen molar-refractivity contribution in [3.8, 4) is 0 Å². The van der Waals surface area contributed by atoms with Gasteiger partial charge in [0, 0.05) is 11.1 Å². The number of aromatic nitrogens is 2. The van der Waals surface area contributed by atoms with Crippen LogP contribution in [-0.4, -0.2) is 22.4 Å². The molecule has 2 aromatic heterocycles. The number of carbonyl (C=O) groups is 1. The van der Waals surface area contributed by atoms with Crippen molar-refractivity contribution in [3.05, 3.63) is 63.5 Å². The van der Waals surface area contributed by atoms with Gasteiger partial charge in [-0.3, -0.25) is 4.68 Å². The highest BCUT2D eigenvalue weighted by Crippen LogP contribution is 2.15. The van der Waals surface area contributed by atoms with Gasteiger partial charge in [-0.05, 0) is 44.2 Å². The second-order valence-electron chi connectivity index (χ2n) is 5.42. The summed E-state index contributed by atoms with van der Waals surface area (Å²) in [6, 6.07) is 6.89. The van der Waals surface area contributed by atoms with Gasteiger partial charge >= 0.3 is 11.6 Å². The third-order valence-electron chi connectivity index (χ3n) is 3.55. The average Bonchev–Trinajstić information content (AvgIpc) is 2.84. The topological polar surface area (TPSA) is 74.3 Å². The molecule has 0 unspecified atom stereocenters. The van der Waals surface area contributed by atoms with Crippen LogP contribution in [0.15, 0.2) is 39.5 Å². The number of fused-ring (bicyclic) bond motifs is 1. The lowest BCUT2D eigenvalue weighted by atomic mass is 10.2. The monoisotopic (exact) mass is 330 g/mol. The quantitative estimate of drug-likeness (QED) is 0.543. The Morgan fingerprint density at radius 3 is 2.79 bits per heavy atom. The van der Waals surface area contributed by atoms with E-state index < -0.39 is 17.4 Å². The zero-order valence-corrected chi connectivity index (χ0v) is 13.2. The standard InChI is InChI=1S/C17H15FN2O4/c1-10-7-11(2)20(19-10)5-6-23-16(21)14-9-12-8-13(18)3-4-15(12)24-17(14)22/h3-4,7-9H,5-6H2,1-2H3. The first-order valence-electron chi connectivity index (χ1n) is 7.35. The smallest absolute Gasteiger partial charge is 0.351 e. The van der Waals surface area contributed by atoms with Gasteiger partial charge in [-0.15, -0.1) is 0 Å². The Morgan fingerprint density at radius 2 is 2.08 bits per heavy atom. The number of benzene rings is 1. The van der Waals surface area contributed by atoms with Crippen LogP contribution in [-0.2, 0) is 11.3 Å². The molecule has 0 bridgehead atoms. The summed E-state index contributed by atoms with van der Waals surface area (Å²) in [6.45, 7) is 4.20.